The minimum absolute atomic E-state index is 1.12. The van der Waals surface area contributed by atoms with E-state index in [1.807, 2.05) is 12.2 Å². The Bertz CT molecular complexity index is 3710. The monoisotopic (exact) mass is 786 g/mol. The summed E-state index contributed by atoms with van der Waals surface area (Å²) in [5.74, 6) is 0. The number of para-hydroxylation sites is 2. The molecule has 0 aliphatic rings. The second-order valence-corrected chi connectivity index (χ2v) is 16.5. The van der Waals surface area contributed by atoms with Gasteiger partial charge in [-0.2, -0.15) is 0 Å². The molecule has 0 N–H and O–H groups in total. The third-order valence-corrected chi connectivity index (χ3v) is 13.4. The van der Waals surface area contributed by atoms with Crippen molar-refractivity contribution in [3.63, 3.8) is 0 Å². The fourth-order valence-corrected chi connectivity index (χ4v) is 10.6. The van der Waals surface area contributed by atoms with E-state index < -0.39 is 0 Å². The van der Waals surface area contributed by atoms with Gasteiger partial charge in [-0.1, -0.05) is 147 Å². The highest BCUT2D eigenvalue weighted by Crippen LogP contribution is 2.46. The SMILES string of the molecule is C=Cc1ccc2c(c1)c1cc(-c3ccc4c5ccc(-c6ccc7c(c6)c6cc(C=C)ccc6n7-c6ccccc6)c6cccc(c7cccc3c74)c65)ccc1n2-c1ccccc1. The maximum Gasteiger partial charge on any atom is 0.0541 e. The number of hydrogen-bond donors (Lipinski definition) is 0. The second kappa shape index (κ2) is 13.1. The highest BCUT2D eigenvalue weighted by atomic mass is 15.0. The van der Waals surface area contributed by atoms with Crippen molar-refractivity contribution >= 4 is 98.9 Å². The lowest BCUT2D eigenvalue weighted by molar-refractivity contribution is 1.18. The molecule has 0 bridgehead atoms. The zero-order valence-electron chi connectivity index (χ0n) is 33.9. The van der Waals surface area contributed by atoms with Crippen LogP contribution in [0.4, 0.5) is 0 Å². The smallest absolute Gasteiger partial charge is 0.0541 e. The molecule has 0 aliphatic carbocycles. The average Bonchev–Trinajstić information content (AvgIpc) is 3.84. The van der Waals surface area contributed by atoms with E-state index in [2.05, 4.69) is 216 Å². The summed E-state index contributed by atoms with van der Waals surface area (Å²) < 4.78 is 4.76. The topological polar surface area (TPSA) is 9.86 Å². The largest absolute Gasteiger partial charge is 0.309 e. The molecular formula is C60H38N2. The summed E-state index contributed by atoms with van der Waals surface area (Å²) >= 11 is 0. The first-order chi connectivity index (χ1) is 30.7. The molecule has 2 aromatic heterocycles. The van der Waals surface area contributed by atoms with E-state index in [-0.39, 0.29) is 0 Å². The van der Waals surface area contributed by atoms with Crippen molar-refractivity contribution in [3.05, 3.63) is 218 Å². The third kappa shape index (κ3) is 4.86. The molecule has 0 saturated carbocycles. The molecule has 13 rings (SSSR count). The Balaban J connectivity index is 1.01. The molecule has 0 aliphatic heterocycles. The van der Waals surface area contributed by atoms with Gasteiger partial charge in [-0.15, -0.1) is 0 Å². The zero-order chi connectivity index (χ0) is 41.1. The van der Waals surface area contributed by atoms with Crippen LogP contribution in [0.25, 0.3) is 132 Å². The molecule has 0 unspecified atom stereocenters. The average molecular weight is 787 g/mol. The van der Waals surface area contributed by atoms with E-state index in [1.54, 1.807) is 0 Å². The Morgan fingerprint density at radius 2 is 0.661 bits per heavy atom. The summed E-state index contributed by atoms with van der Waals surface area (Å²) in [6, 6.07) is 71.8. The normalized spacial score (nSPS) is 12.0. The molecule has 2 nitrogen and oxygen atoms in total. The van der Waals surface area contributed by atoms with Gasteiger partial charge in [-0.3, -0.25) is 0 Å². The van der Waals surface area contributed by atoms with Crippen molar-refractivity contribution in [2.24, 2.45) is 0 Å². The van der Waals surface area contributed by atoms with Crippen LogP contribution in [0.5, 0.6) is 0 Å². The van der Waals surface area contributed by atoms with Crippen LogP contribution in [0.15, 0.2) is 207 Å². The highest BCUT2D eigenvalue weighted by Gasteiger charge is 2.20. The van der Waals surface area contributed by atoms with Gasteiger partial charge in [-0.05, 0) is 149 Å². The maximum absolute atomic E-state index is 4.09. The first-order valence-electron chi connectivity index (χ1n) is 21.3. The van der Waals surface area contributed by atoms with Crippen molar-refractivity contribution in [3.8, 4) is 33.6 Å². The van der Waals surface area contributed by atoms with Crippen molar-refractivity contribution in [1.82, 2.24) is 9.13 Å². The first-order valence-corrected chi connectivity index (χ1v) is 21.3. The van der Waals surface area contributed by atoms with E-state index in [0.717, 1.165) is 22.5 Å². The highest BCUT2D eigenvalue weighted by molar-refractivity contribution is 6.35. The number of nitrogens with zero attached hydrogens (tertiary/aromatic N) is 2. The van der Waals surface area contributed by atoms with Crippen molar-refractivity contribution in [1.29, 1.82) is 0 Å². The molecule has 2 heteroatoms. The third-order valence-electron chi connectivity index (χ3n) is 13.4. The van der Waals surface area contributed by atoms with Crippen LogP contribution in [-0.2, 0) is 0 Å². The Kier molecular flexibility index (Phi) is 7.35. The minimum atomic E-state index is 1.12. The summed E-state index contributed by atoms with van der Waals surface area (Å²) in [6.45, 7) is 8.18. The molecule has 0 amide bonds. The van der Waals surface area contributed by atoms with Crippen LogP contribution in [0.2, 0.25) is 0 Å². The molecule has 11 aromatic carbocycles. The number of aromatic nitrogens is 2. The van der Waals surface area contributed by atoms with Gasteiger partial charge in [0, 0.05) is 32.9 Å². The molecule has 0 saturated heterocycles. The van der Waals surface area contributed by atoms with Crippen LogP contribution in [0, 0.1) is 0 Å². The first kappa shape index (κ1) is 34.6. The number of benzene rings is 11. The van der Waals surface area contributed by atoms with Gasteiger partial charge in [0.15, 0.2) is 0 Å². The van der Waals surface area contributed by atoms with Crippen LogP contribution in [0.1, 0.15) is 11.1 Å². The number of hydrogen-bond acceptors (Lipinski definition) is 0. The summed E-state index contributed by atoms with van der Waals surface area (Å²) in [7, 11) is 0. The molecule has 0 atom stereocenters. The molecular weight excluding hydrogens is 749 g/mol. The van der Waals surface area contributed by atoms with Gasteiger partial charge < -0.3 is 9.13 Å². The number of fused-ring (bicyclic) bond motifs is 8. The lowest BCUT2D eigenvalue weighted by Crippen LogP contribution is -1.93. The maximum atomic E-state index is 4.09. The molecule has 0 fully saturated rings. The van der Waals surface area contributed by atoms with Crippen molar-refractivity contribution in [2.45, 2.75) is 0 Å². The Morgan fingerprint density at radius 3 is 1.08 bits per heavy atom. The Morgan fingerprint density at radius 1 is 0.290 bits per heavy atom. The fourth-order valence-electron chi connectivity index (χ4n) is 10.6. The lowest BCUT2D eigenvalue weighted by atomic mass is 9.85. The van der Waals surface area contributed by atoms with E-state index in [4.69, 9.17) is 0 Å². The Hall–Kier alpha value is -8.20. The standard InChI is InChI=1S/C60H38N2/c1-3-37-21-29-55-51(33-37)53-35-39(23-31-57(53)61(55)41-13-7-5-8-14-41)43-25-27-49-50-28-26-44(46-18-12-20-48(60(46)50)47-19-11-17-45(43)59(47)49)40-24-32-58-54(36-40)52-34-38(4-2)22-30-56(52)62(58)42-15-9-6-10-16-42/h3-36H,1-2H2. The predicted molar refractivity (Wildman–Crippen MR) is 267 cm³/mol. The van der Waals surface area contributed by atoms with Crippen LogP contribution in [-0.4, -0.2) is 9.13 Å². The summed E-state index contributed by atoms with van der Waals surface area (Å²) in [4.78, 5) is 0. The van der Waals surface area contributed by atoms with Gasteiger partial charge >= 0.3 is 0 Å². The zero-order valence-corrected chi connectivity index (χ0v) is 33.9. The molecule has 0 radical (unpaired) electrons. The summed E-state index contributed by atoms with van der Waals surface area (Å²) in [5, 5.41) is 15.2. The fraction of sp³-hybridized carbons (Fsp3) is 0. The molecule has 288 valence electrons. The predicted octanol–water partition coefficient (Wildman–Crippen LogP) is 16.6. The van der Waals surface area contributed by atoms with E-state index in [1.165, 1.54) is 109 Å². The molecule has 62 heavy (non-hydrogen) atoms. The summed E-state index contributed by atoms with van der Waals surface area (Å²) in [6.07, 6.45) is 3.87. The van der Waals surface area contributed by atoms with E-state index in [0.29, 0.717) is 0 Å². The number of rotatable bonds is 6. The van der Waals surface area contributed by atoms with Gasteiger partial charge in [0.05, 0.1) is 22.1 Å². The van der Waals surface area contributed by atoms with Gasteiger partial charge in [0.1, 0.15) is 0 Å². The summed E-state index contributed by atoms with van der Waals surface area (Å²) in [5.41, 5.74) is 14.2. The lowest BCUT2D eigenvalue weighted by Gasteiger charge is -2.18. The van der Waals surface area contributed by atoms with E-state index >= 15 is 0 Å². The van der Waals surface area contributed by atoms with Crippen molar-refractivity contribution in [2.75, 3.05) is 0 Å². The van der Waals surface area contributed by atoms with Gasteiger partial charge in [-0.25, -0.2) is 0 Å². The van der Waals surface area contributed by atoms with Crippen LogP contribution >= 0.6 is 0 Å². The minimum Gasteiger partial charge on any atom is -0.309 e. The Labute approximate surface area is 358 Å². The molecule has 13 aromatic rings. The van der Waals surface area contributed by atoms with E-state index in [9.17, 15) is 0 Å². The second-order valence-electron chi connectivity index (χ2n) is 16.5. The quantitative estimate of drug-likeness (QED) is 0.117. The van der Waals surface area contributed by atoms with Gasteiger partial charge in [0.25, 0.3) is 0 Å². The van der Waals surface area contributed by atoms with Crippen LogP contribution in [0.3, 0.4) is 0 Å². The van der Waals surface area contributed by atoms with Crippen LogP contribution < -0.4 is 0 Å². The molecule has 2 heterocycles. The van der Waals surface area contributed by atoms with Crippen molar-refractivity contribution < 1.29 is 0 Å². The molecule has 0 spiro atoms. The van der Waals surface area contributed by atoms with Gasteiger partial charge in [0.2, 0.25) is 0 Å².